The SMILES string of the molecule is CCC(N)C(=O)Nc1ccc(Cl)c(C(=O)N(C)C)c1. The van der Waals surface area contributed by atoms with Gasteiger partial charge in [-0.15, -0.1) is 0 Å². The second-order valence-electron chi connectivity index (χ2n) is 4.40. The zero-order valence-electron chi connectivity index (χ0n) is 11.2. The van der Waals surface area contributed by atoms with Gasteiger partial charge in [0, 0.05) is 19.8 Å². The van der Waals surface area contributed by atoms with E-state index in [1.807, 2.05) is 6.92 Å². The quantitative estimate of drug-likeness (QED) is 0.883. The standard InChI is InChI=1S/C13H18ClN3O2/c1-4-11(15)12(18)16-8-5-6-10(14)9(7-8)13(19)17(2)3/h5-7,11H,4,15H2,1-3H3,(H,16,18). The molecule has 1 aromatic carbocycles. The fourth-order valence-electron chi connectivity index (χ4n) is 1.43. The first-order chi connectivity index (χ1) is 8.86. The highest BCUT2D eigenvalue weighted by atomic mass is 35.5. The maximum atomic E-state index is 11.9. The van der Waals surface area contributed by atoms with Crippen molar-refractivity contribution in [2.75, 3.05) is 19.4 Å². The Morgan fingerprint density at radius 1 is 1.42 bits per heavy atom. The first kappa shape index (κ1) is 15.5. The smallest absolute Gasteiger partial charge is 0.254 e. The van der Waals surface area contributed by atoms with Gasteiger partial charge < -0.3 is 16.0 Å². The average Bonchev–Trinajstić information content (AvgIpc) is 2.38. The van der Waals surface area contributed by atoms with Crippen LogP contribution in [0.15, 0.2) is 18.2 Å². The van der Waals surface area contributed by atoms with Crippen molar-refractivity contribution in [1.82, 2.24) is 4.90 Å². The van der Waals surface area contributed by atoms with Crippen LogP contribution < -0.4 is 11.1 Å². The Labute approximate surface area is 117 Å². The molecule has 0 spiro atoms. The molecule has 5 nitrogen and oxygen atoms in total. The number of carbonyl (C=O) groups is 2. The van der Waals surface area contributed by atoms with E-state index in [0.717, 1.165) is 0 Å². The van der Waals surface area contributed by atoms with E-state index in [1.165, 1.54) is 4.90 Å². The topological polar surface area (TPSA) is 75.4 Å². The van der Waals surface area contributed by atoms with Gasteiger partial charge in [-0.25, -0.2) is 0 Å². The molecule has 0 aliphatic heterocycles. The summed E-state index contributed by atoms with van der Waals surface area (Å²) >= 11 is 5.98. The summed E-state index contributed by atoms with van der Waals surface area (Å²) in [5.74, 6) is -0.506. The first-order valence-electron chi connectivity index (χ1n) is 5.94. The minimum Gasteiger partial charge on any atom is -0.345 e. The normalized spacial score (nSPS) is 11.8. The highest BCUT2D eigenvalue weighted by Gasteiger charge is 2.15. The second kappa shape index (κ2) is 6.54. The van der Waals surface area contributed by atoms with Gasteiger partial charge in [0.1, 0.15) is 0 Å². The Morgan fingerprint density at radius 3 is 2.58 bits per heavy atom. The third-order valence-electron chi connectivity index (χ3n) is 2.65. The van der Waals surface area contributed by atoms with Gasteiger partial charge in [-0.2, -0.15) is 0 Å². The van der Waals surface area contributed by atoms with E-state index in [9.17, 15) is 9.59 Å². The highest BCUT2D eigenvalue weighted by Crippen LogP contribution is 2.21. The van der Waals surface area contributed by atoms with E-state index in [4.69, 9.17) is 17.3 Å². The summed E-state index contributed by atoms with van der Waals surface area (Å²) in [6.07, 6.45) is 0.545. The number of carbonyl (C=O) groups excluding carboxylic acids is 2. The number of hydrogen-bond acceptors (Lipinski definition) is 3. The summed E-state index contributed by atoms with van der Waals surface area (Å²) in [6, 6.07) is 4.19. The van der Waals surface area contributed by atoms with E-state index < -0.39 is 6.04 Å². The molecule has 1 aromatic rings. The van der Waals surface area contributed by atoms with Gasteiger partial charge in [-0.1, -0.05) is 18.5 Å². The molecule has 0 fully saturated rings. The van der Waals surface area contributed by atoms with Crippen molar-refractivity contribution in [3.05, 3.63) is 28.8 Å². The van der Waals surface area contributed by atoms with E-state index in [1.54, 1.807) is 32.3 Å². The molecule has 0 aromatic heterocycles. The summed E-state index contributed by atoms with van der Waals surface area (Å²) in [7, 11) is 3.27. The van der Waals surface area contributed by atoms with E-state index in [-0.39, 0.29) is 11.8 Å². The van der Waals surface area contributed by atoms with Crippen LogP contribution in [0.4, 0.5) is 5.69 Å². The Kier molecular flexibility index (Phi) is 5.32. The number of nitrogens with two attached hydrogens (primary N) is 1. The summed E-state index contributed by atoms with van der Waals surface area (Å²) in [5.41, 5.74) is 6.47. The number of halogens is 1. The van der Waals surface area contributed by atoms with Crippen molar-refractivity contribution in [3.8, 4) is 0 Å². The second-order valence-corrected chi connectivity index (χ2v) is 4.81. The van der Waals surface area contributed by atoms with Crippen LogP contribution in [-0.4, -0.2) is 36.9 Å². The molecule has 0 saturated heterocycles. The molecular formula is C13H18ClN3O2. The Morgan fingerprint density at radius 2 is 2.05 bits per heavy atom. The molecular weight excluding hydrogens is 266 g/mol. The van der Waals surface area contributed by atoms with Crippen molar-refractivity contribution < 1.29 is 9.59 Å². The van der Waals surface area contributed by atoms with Crippen LogP contribution >= 0.6 is 11.6 Å². The van der Waals surface area contributed by atoms with Crippen molar-refractivity contribution in [3.63, 3.8) is 0 Å². The van der Waals surface area contributed by atoms with E-state index in [0.29, 0.717) is 22.7 Å². The fraction of sp³-hybridized carbons (Fsp3) is 0.385. The van der Waals surface area contributed by atoms with Crippen LogP contribution in [0, 0.1) is 0 Å². The number of hydrogen-bond donors (Lipinski definition) is 2. The third kappa shape index (κ3) is 3.94. The molecule has 19 heavy (non-hydrogen) atoms. The number of nitrogens with one attached hydrogen (secondary N) is 1. The van der Waals surface area contributed by atoms with Crippen molar-refractivity contribution in [2.45, 2.75) is 19.4 Å². The van der Waals surface area contributed by atoms with Gasteiger partial charge in [0.05, 0.1) is 16.6 Å². The van der Waals surface area contributed by atoms with Crippen LogP contribution in [0.25, 0.3) is 0 Å². The summed E-state index contributed by atoms with van der Waals surface area (Å²) < 4.78 is 0. The van der Waals surface area contributed by atoms with Gasteiger partial charge in [0.15, 0.2) is 0 Å². The lowest BCUT2D eigenvalue weighted by atomic mass is 10.1. The minimum absolute atomic E-state index is 0.221. The first-order valence-corrected chi connectivity index (χ1v) is 6.32. The van der Waals surface area contributed by atoms with Crippen LogP contribution in [0.1, 0.15) is 23.7 Å². The lowest BCUT2D eigenvalue weighted by Gasteiger charge is -2.14. The molecule has 0 bridgehead atoms. The van der Waals surface area contributed by atoms with Gasteiger partial charge in [0.25, 0.3) is 5.91 Å². The molecule has 0 heterocycles. The van der Waals surface area contributed by atoms with Crippen molar-refractivity contribution in [2.24, 2.45) is 5.73 Å². The third-order valence-corrected chi connectivity index (χ3v) is 2.98. The summed E-state index contributed by atoms with van der Waals surface area (Å²) in [5, 5.41) is 3.00. The molecule has 6 heteroatoms. The molecule has 1 atom stereocenters. The summed E-state index contributed by atoms with van der Waals surface area (Å²) in [6.45, 7) is 1.83. The predicted molar refractivity (Wildman–Crippen MR) is 76.4 cm³/mol. The van der Waals surface area contributed by atoms with Gasteiger partial charge in [-0.3, -0.25) is 9.59 Å². The fourth-order valence-corrected chi connectivity index (χ4v) is 1.63. The lowest BCUT2D eigenvalue weighted by molar-refractivity contribution is -0.117. The Bertz CT molecular complexity index is 489. The average molecular weight is 284 g/mol. The number of rotatable bonds is 4. The molecule has 0 radical (unpaired) electrons. The Hall–Kier alpha value is -1.59. The summed E-state index contributed by atoms with van der Waals surface area (Å²) in [4.78, 5) is 25.0. The number of anilines is 1. The molecule has 1 unspecified atom stereocenters. The number of amides is 2. The molecule has 3 N–H and O–H groups in total. The van der Waals surface area contributed by atoms with Crippen LogP contribution in [0.2, 0.25) is 5.02 Å². The van der Waals surface area contributed by atoms with Crippen molar-refractivity contribution >= 4 is 29.1 Å². The van der Waals surface area contributed by atoms with Crippen LogP contribution in [-0.2, 0) is 4.79 Å². The highest BCUT2D eigenvalue weighted by molar-refractivity contribution is 6.34. The zero-order valence-corrected chi connectivity index (χ0v) is 12.0. The maximum Gasteiger partial charge on any atom is 0.254 e. The molecule has 104 valence electrons. The van der Waals surface area contributed by atoms with Gasteiger partial charge >= 0.3 is 0 Å². The molecule has 0 aliphatic rings. The molecule has 1 rings (SSSR count). The number of benzene rings is 1. The van der Waals surface area contributed by atoms with Gasteiger partial charge in [-0.05, 0) is 24.6 Å². The number of nitrogens with zero attached hydrogens (tertiary/aromatic N) is 1. The molecule has 0 aliphatic carbocycles. The maximum absolute atomic E-state index is 11.9. The lowest BCUT2D eigenvalue weighted by Crippen LogP contribution is -2.34. The van der Waals surface area contributed by atoms with E-state index in [2.05, 4.69) is 5.32 Å². The Balaban J connectivity index is 2.97. The monoisotopic (exact) mass is 283 g/mol. The van der Waals surface area contributed by atoms with Crippen LogP contribution in [0.3, 0.4) is 0 Å². The zero-order chi connectivity index (χ0) is 14.6. The largest absolute Gasteiger partial charge is 0.345 e. The van der Waals surface area contributed by atoms with Crippen LogP contribution in [0.5, 0.6) is 0 Å². The van der Waals surface area contributed by atoms with Crippen molar-refractivity contribution in [1.29, 1.82) is 0 Å². The minimum atomic E-state index is -0.566. The molecule has 0 saturated carbocycles. The predicted octanol–water partition coefficient (Wildman–Crippen LogP) is 1.72. The molecule has 2 amide bonds. The van der Waals surface area contributed by atoms with Gasteiger partial charge in [0.2, 0.25) is 5.91 Å². The van der Waals surface area contributed by atoms with E-state index >= 15 is 0 Å².